The van der Waals surface area contributed by atoms with Gasteiger partial charge in [0.15, 0.2) is 0 Å². The first-order chi connectivity index (χ1) is 9.96. The number of sulfone groups is 1. The van der Waals surface area contributed by atoms with Crippen LogP contribution in [0.2, 0.25) is 0 Å². The topological polar surface area (TPSA) is 85.2 Å². The van der Waals surface area contributed by atoms with E-state index in [2.05, 4.69) is 16.7 Å². The fourth-order valence-corrected chi connectivity index (χ4v) is 3.02. The lowest BCUT2D eigenvalue weighted by atomic mass is 10.4. The predicted octanol–water partition coefficient (Wildman–Crippen LogP) is 1.72. The van der Waals surface area contributed by atoms with Crippen molar-refractivity contribution in [3.63, 3.8) is 0 Å². The third kappa shape index (κ3) is 4.66. The second-order valence-corrected chi connectivity index (χ2v) is 6.66. The Morgan fingerprint density at radius 1 is 1.43 bits per heavy atom. The minimum absolute atomic E-state index is 0.00691. The van der Waals surface area contributed by atoms with Gasteiger partial charge in [-0.25, -0.2) is 18.2 Å². The molecule has 0 bridgehead atoms. The van der Waals surface area contributed by atoms with Crippen molar-refractivity contribution in [1.29, 1.82) is 0 Å². The zero-order valence-electron chi connectivity index (χ0n) is 12.5. The lowest BCUT2D eigenvalue weighted by Gasteiger charge is -2.19. The van der Waals surface area contributed by atoms with Gasteiger partial charge in [-0.15, -0.1) is 11.7 Å². The molecule has 1 aromatic heterocycles. The minimum atomic E-state index is -3.52. The largest absolute Gasteiger partial charge is 0.346 e. The van der Waals surface area contributed by atoms with E-state index in [1.165, 1.54) is 4.90 Å². The molecule has 0 fully saturated rings. The number of carbonyl (C=O) groups is 1. The van der Waals surface area contributed by atoms with E-state index in [9.17, 15) is 13.2 Å². The number of amides is 1. The van der Waals surface area contributed by atoms with Crippen LogP contribution in [0.1, 0.15) is 33.1 Å². The highest BCUT2D eigenvalue weighted by molar-refractivity contribution is 7.91. The third-order valence-electron chi connectivity index (χ3n) is 2.83. The van der Waals surface area contributed by atoms with E-state index >= 15 is 0 Å². The van der Waals surface area contributed by atoms with Gasteiger partial charge in [0.2, 0.25) is 9.84 Å². The Morgan fingerprint density at radius 2 is 2.14 bits per heavy atom. The number of hydrogen-bond donors (Lipinski definition) is 0. The zero-order chi connectivity index (χ0) is 15.9. The van der Waals surface area contributed by atoms with Crippen molar-refractivity contribution in [3.05, 3.63) is 19.0 Å². The average molecular weight is 314 g/mol. The van der Waals surface area contributed by atoms with Crippen LogP contribution >= 0.6 is 0 Å². The van der Waals surface area contributed by atoms with E-state index in [1.807, 2.05) is 13.8 Å². The van der Waals surface area contributed by atoms with Gasteiger partial charge >= 0.3 is 6.03 Å². The van der Waals surface area contributed by atoms with Gasteiger partial charge in [-0.05, 0) is 12.8 Å². The molecule has 1 heterocycles. The molecular weight excluding hydrogens is 292 g/mol. The number of carbonyl (C=O) groups excluding carboxylic acids is 1. The Balaban J connectivity index is 2.91. The van der Waals surface area contributed by atoms with Crippen molar-refractivity contribution < 1.29 is 13.2 Å². The Labute approximate surface area is 125 Å². The summed E-state index contributed by atoms with van der Waals surface area (Å²) in [5.41, 5.74) is 0. The SMILES string of the molecule is C=CCN(CCC)C(=O)n1cnc(S(=O)(=O)CCCC)n1. The summed E-state index contributed by atoms with van der Waals surface area (Å²) in [4.78, 5) is 17.5. The molecule has 0 saturated carbocycles. The maximum absolute atomic E-state index is 12.2. The Morgan fingerprint density at radius 3 is 2.71 bits per heavy atom. The number of unbranched alkanes of at least 4 members (excludes halogenated alkanes) is 1. The first-order valence-electron chi connectivity index (χ1n) is 7.00. The van der Waals surface area contributed by atoms with E-state index < -0.39 is 15.9 Å². The first kappa shape index (κ1) is 17.4. The van der Waals surface area contributed by atoms with Crippen LogP contribution in [0.25, 0.3) is 0 Å². The monoisotopic (exact) mass is 314 g/mol. The van der Waals surface area contributed by atoms with E-state index in [1.54, 1.807) is 6.08 Å². The van der Waals surface area contributed by atoms with Gasteiger partial charge in [0, 0.05) is 13.1 Å². The number of nitrogens with zero attached hydrogens (tertiary/aromatic N) is 4. The molecule has 1 aromatic rings. The molecule has 1 amide bonds. The number of hydrogen-bond acceptors (Lipinski definition) is 5. The molecule has 0 aliphatic heterocycles. The van der Waals surface area contributed by atoms with Crippen LogP contribution in [0.3, 0.4) is 0 Å². The Bertz CT molecular complexity index is 580. The standard InChI is InChI=1S/C13H22N4O3S/c1-4-7-10-21(19,20)12-14-11-17(15-12)13(18)16(8-5-2)9-6-3/h5,11H,2,4,6-10H2,1,3H3. The highest BCUT2D eigenvalue weighted by Crippen LogP contribution is 2.07. The summed E-state index contributed by atoms with van der Waals surface area (Å²) < 4.78 is 24.9. The molecule has 118 valence electrons. The molecule has 8 heteroatoms. The summed E-state index contributed by atoms with van der Waals surface area (Å²) in [7, 11) is -3.52. The molecule has 0 aliphatic rings. The molecule has 21 heavy (non-hydrogen) atoms. The minimum Gasteiger partial charge on any atom is -0.319 e. The molecule has 0 N–H and O–H groups in total. The van der Waals surface area contributed by atoms with Gasteiger partial charge in [0.25, 0.3) is 5.16 Å². The highest BCUT2D eigenvalue weighted by atomic mass is 32.2. The molecule has 7 nitrogen and oxygen atoms in total. The summed E-state index contributed by atoms with van der Waals surface area (Å²) >= 11 is 0. The lowest BCUT2D eigenvalue weighted by Crippen LogP contribution is -2.35. The van der Waals surface area contributed by atoms with Gasteiger partial charge in [-0.1, -0.05) is 26.3 Å². The third-order valence-corrected chi connectivity index (χ3v) is 4.39. The summed E-state index contributed by atoms with van der Waals surface area (Å²) in [5, 5.41) is 3.52. The average Bonchev–Trinajstić information content (AvgIpc) is 2.95. The maximum atomic E-state index is 12.2. The summed E-state index contributed by atoms with van der Waals surface area (Å²) in [6.07, 6.45) is 4.86. The molecule has 0 spiro atoms. The zero-order valence-corrected chi connectivity index (χ0v) is 13.3. The van der Waals surface area contributed by atoms with Crippen molar-refractivity contribution in [2.24, 2.45) is 0 Å². The lowest BCUT2D eigenvalue weighted by molar-refractivity contribution is 0.201. The molecule has 0 atom stereocenters. The molecule has 1 rings (SSSR count). The summed E-state index contributed by atoms with van der Waals surface area (Å²) in [6, 6.07) is -0.402. The van der Waals surface area contributed by atoms with E-state index in [4.69, 9.17) is 0 Å². The predicted molar refractivity (Wildman–Crippen MR) is 79.8 cm³/mol. The van der Waals surface area contributed by atoms with Crippen molar-refractivity contribution in [2.75, 3.05) is 18.8 Å². The molecular formula is C13H22N4O3S. The van der Waals surface area contributed by atoms with Crippen molar-refractivity contribution >= 4 is 15.9 Å². The molecule has 0 unspecified atom stereocenters. The fourth-order valence-electron chi connectivity index (χ4n) is 1.74. The Hall–Kier alpha value is -1.70. The van der Waals surface area contributed by atoms with Gasteiger partial charge < -0.3 is 4.90 Å². The van der Waals surface area contributed by atoms with Crippen molar-refractivity contribution in [3.8, 4) is 0 Å². The van der Waals surface area contributed by atoms with E-state index in [0.29, 0.717) is 19.5 Å². The second-order valence-electron chi connectivity index (χ2n) is 4.66. The van der Waals surface area contributed by atoms with Crippen LogP contribution in [0.15, 0.2) is 24.1 Å². The van der Waals surface area contributed by atoms with Gasteiger partial charge in [-0.3, -0.25) is 0 Å². The molecule has 0 saturated heterocycles. The number of aromatic nitrogens is 3. The molecule has 0 radical (unpaired) electrons. The van der Waals surface area contributed by atoms with Crippen LogP contribution in [-0.2, 0) is 9.84 Å². The molecule has 0 aliphatic carbocycles. The van der Waals surface area contributed by atoms with Crippen molar-refractivity contribution in [1.82, 2.24) is 19.7 Å². The van der Waals surface area contributed by atoms with Crippen molar-refractivity contribution in [2.45, 2.75) is 38.3 Å². The smallest absolute Gasteiger partial charge is 0.319 e. The first-order valence-corrected chi connectivity index (χ1v) is 8.66. The van der Waals surface area contributed by atoms with E-state index in [0.717, 1.165) is 23.9 Å². The quantitative estimate of drug-likeness (QED) is 0.682. The van der Waals surface area contributed by atoms with Crippen LogP contribution in [0.5, 0.6) is 0 Å². The maximum Gasteiger partial charge on any atom is 0.346 e. The van der Waals surface area contributed by atoms with Gasteiger partial charge in [-0.2, -0.15) is 4.68 Å². The fraction of sp³-hybridized carbons (Fsp3) is 0.615. The normalized spacial score (nSPS) is 11.3. The summed E-state index contributed by atoms with van der Waals surface area (Å²) in [6.45, 7) is 8.38. The van der Waals surface area contributed by atoms with Gasteiger partial charge in [0.05, 0.1) is 5.75 Å². The van der Waals surface area contributed by atoms with Gasteiger partial charge in [0.1, 0.15) is 6.33 Å². The van der Waals surface area contributed by atoms with Crippen LogP contribution in [-0.4, -0.2) is 53.0 Å². The number of rotatable bonds is 8. The summed E-state index contributed by atoms with van der Waals surface area (Å²) in [5.74, 6) is -0.00691. The molecule has 0 aromatic carbocycles. The Kier molecular flexibility index (Phi) is 6.54. The second kappa shape index (κ2) is 7.92. The highest BCUT2D eigenvalue weighted by Gasteiger charge is 2.22. The van der Waals surface area contributed by atoms with Crippen LogP contribution in [0, 0.1) is 0 Å². The van der Waals surface area contributed by atoms with Crippen LogP contribution in [0.4, 0.5) is 4.79 Å². The van der Waals surface area contributed by atoms with Crippen LogP contribution < -0.4 is 0 Å². The van der Waals surface area contributed by atoms with E-state index in [-0.39, 0.29) is 10.9 Å².